The molecule has 0 radical (unpaired) electrons. The van der Waals surface area contributed by atoms with Gasteiger partial charge in [0.2, 0.25) is 15.9 Å². The van der Waals surface area contributed by atoms with Gasteiger partial charge in [-0.25, -0.2) is 17.5 Å². The normalized spacial score (nSPS) is 12.7. The van der Waals surface area contributed by atoms with Crippen molar-refractivity contribution < 1.29 is 22.3 Å². The van der Waals surface area contributed by atoms with Crippen molar-refractivity contribution in [2.45, 2.75) is 17.9 Å². The maximum Gasteiger partial charge on any atom is 0.244 e. The van der Waals surface area contributed by atoms with Crippen molar-refractivity contribution in [2.24, 2.45) is 0 Å². The minimum atomic E-state index is -3.70. The van der Waals surface area contributed by atoms with Crippen molar-refractivity contribution in [3.8, 4) is 5.75 Å². The Morgan fingerprint density at radius 3 is 2.44 bits per heavy atom. The van der Waals surface area contributed by atoms with E-state index < -0.39 is 10.0 Å². The van der Waals surface area contributed by atoms with E-state index in [1.807, 2.05) is 0 Å². The lowest BCUT2D eigenvalue weighted by Crippen LogP contribution is -2.24. The Balaban J connectivity index is 2.14. The van der Waals surface area contributed by atoms with Crippen LogP contribution in [0.3, 0.4) is 0 Å². The molecule has 1 atom stereocenters. The highest BCUT2D eigenvalue weighted by atomic mass is 32.2. The Kier molecular flexibility index (Phi) is 6.70. The Bertz CT molecular complexity index is 941. The van der Waals surface area contributed by atoms with Gasteiger partial charge in [0.25, 0.3) is 0 Å². The molecule has 0 aliphatic carbocycles. The molecule has 0 saturated heterocycles. The van der Waals surface area contributed by atoms with Gasteiger partial charge in [-0.1, -0.05) is 18.2 Å². The number of amides is 1. The van der Waals surface area contributed by atoms with Crippen molar-refractivity contribution in [3.63, 3.8) is 0 Å². The van der Waals surface area contributed by atoms with Crippen molar-refractivity contribution in [3.05, 3.63) is 65.5 Å². The minimum absolute atomic E-state index is 0.0188. The van der Waals surface area contributed by atoms with Gasteiger partial charge in [0, 0.05) is 6.08 Å². The third-order valence-corrected chi connectivity index (χ3v) is 5.34. The molecular formula is C19H21FN2O4S. The second-order valence-electron chi connectivity index (χ2n) is 5.73. The van der Waals surface area contributed by atoms with E-state index in [-0.39, 0.29) is 28.4 Å². The molecule has 2 aromatic rings. The van der Waals surface area contributed by atoms with E-state index in [1.165, 1.54) is 50.6 Å². The number of sulfonamides is 1. The largest absolute Gasteiger partial charge is 0.495 e. The molecule has 0 saturated carbocycles. The van der Waals surface area contributed by atoms with Crippen molar-refractivity contribution in [1.29, 1.82) is 0 Å². The molecule has 1 unspecified atom stereocenters. The van der Waals surface area contributed by atoms with E-state index >= 15 is 0 Å². The van der Waals surface area contributed by atoms with E-state index in [0.29, 0.717) is 5.56 Å². The molecule has 0 aromatic heterocycles. The molecule has 0 fully saturated rings. The highest BCUT2D eigenvalue weighted by molar-refractivity contribution is 7.89. The van der Waals surface area contributed by atoms with Crippen molar-refractivity contribution >= 4 is 22.0 Å². The zero-order valence-electron chi connectivity index (χ0n) is 15.2. The van der Waals surface area contributed by atoms with E-state index in [1.54, 1.807) is 25.1 Å². The van der Waals surface area contributed by atoms with Crippen LogP contribution in [0.25, 0.3) is 6.08 Å². The minimum Gasteiger partial charge on any atom is -0.495 e. The highest BCUT2D eigenvalue weighted by Gasteiger charge is 2.17. The number of hydrogen-bond donors (Lipinski definition) is 2. The van der Waals surface area contributed by atoms with Gasteiger partial charge >= 0.3 is 0 Å². The fourth-order valence-corrected chi connectivity index (χ4v) is 3.31. The zero-order valence-corrected chi connectivity index (χ0v) is 16.0. The molecule has 2 N–H and O–H groups in total. The quantitative estimate of drug-likeness (QED) is 0.710. The van der Waals surface area contributed by atoms with Gasteiger partial charge in [-0.3, -0.25) is 4.79 Å². The number of rotatable bonds is 7. The van der Waals surface area contributed by atoms with Crippen LogP contribution in [0.4, 0.5) is 4.39 Å². The number of carbonyl (C=O) groups excluding carboxylic acids is 1. The molecule has 6 nitrogen and oxygen atoms in total. The lowest BCUT2D eigenvalue weighted by atomic mass is 10.1. The smallest absolute Gasteiger partial charge is 0.244 e. The lowest BCUT2D eigenvalue weighted by molar-refractivity contribution is -0.117. The van der Waals surface area contributed by atoms with Crippen LogP contribution in [0.1, 0.15) is 24.1 Å². The number of halogens is 1. The van der Waals surface area contributed by atoms with Crippen molar-refractivity contribution in [1.82, 2.24) is 10.0 Å². The molecule has 2 aromatic carbocycles. The predicted molar refractivity (Wildman–Crippen MR) is 101 cm³/mol. The molecular weight excluding hydrogens is 371 g/mol. The van der Waals surface area contributed by atoms with Crippen LogP contribution in [0.2, 0.25) is 0 Å². The average molecular weight is 392 g/mol. The Labute approximate surface area is 158 Å². The molecule has 0 bridgehead atoms. The van der Waals surface area contributed by atoms with Crippen LogP contribution in [0, 0.1) is 5.82 Å². The zero-order chi connectivity index (χ0) is 20.0. The van der Waals surface area contributed by atoms with Gasteiger partial charge in [-0.2, -0.15) is 0 Å². The standard InChI is InChI=1S/C19H21FN2O4S/c1-13(15-6-8-16(20)9-7-15)22-19(23)11-5-14-4-10-17(26-3)18(12-14)27(24,25)21-2/h4-13,21H,1-3H3,(H,22,23)/b11-5+. The summed E-state index contributed by atoms with van der Waals surface area (Å²) in [5.41, 5.74) is 1.29. The van der Waals surface area contributed by atoms with Crippen LogP contribution >= 0.6 is 0 Å². The second-order valence-corrected chi connectivity index (χ2v) is 7.59. The van der Waals surface area contributed by atoms with Crippen LogP contribution in [0.5, 0.6) is 5.75 Å². The van der Waals surface area contributed by atoms with Gasteiger partial charge < -0.3 is 10.1 Å². The molecule has 2 rings (SSSR count). The number of hydrogen-bond acceptors (Lipinski definition) is 4. The maximum absolute atomic E-state index is 13.0. The summed E-state index contributed by atoms with van der Waals surface area (Å²) < 4.78 is 44.4. The molecule has 144 valence electrons. The van der Waals surface area contributed by atoms with Crippen LogP contribution in [0.15, 0.2) is 53.4 Å². The summed E-state index contributed by atoms with van der Waals surface area (Å²) in [6.45, 7) is 1.78. The van der Waals surface area contributed by atoms with Crippen LogP contribution in [-0.4, -0.2) is 28.5 Å². The number of benzene rings is 2. The van der Waals surface area contributed by atoms with Gasteiger partial charge in [-0.15, -0.1) is 0 Å². The SMILES string of the molecule is CNS(=O)(=O)c1cc(/C=C/C(=O)NC(C)c2ccc(F)cc2)ccc1OC. The summed E-state index contributed by atoms with van der Waals surface area (Å²) in [6.07, 6.45) is 2.80. The van der Waals surface area contributed by atoms with E-state index in [0.717, 1.165) is 5.56 Å². The average Bonchev–Trinajstić information content (AvgIpc) is 2.66. The fraction of sp³-hybridized carbons (Fsp3) is 0.211. The topological polar surface area (TPSA) is 84.5 Å². The Morgan fingerprint density at radius 2 is 1.85 bits per heavy atom. The molecule has 0 aliphatic heterocycles. The molecule has 0 spiro atoms. The lowest BCUT2D eigenvalue weighted by Gasteiger charge is -2.13. The maximum atomic E-state index is 13.0. The van der Waals surface area contributed by atoms with Crippen molar-refractivity contribution in [2.75, 3.05) is 14.2 Å². The molecule has 0 aliphatic rings. The van der Waals surface area contributed by atoms with Gasteiger partial charge in [0.05, 0.1) is 13.2 Å². The third kappa shape index (κ3) is 5.38. The second kappa shape index (κ2) is 8.79. The van der Waals surface area contributed by atoms with E-state index in [9.17, 15) is 17.6 Å². The first-order chi connectivity index (χ1) is 12.8. The Morgan fingerprint density at radius 1 is 1.19 bits per heavy atom. The Hall–Kier alpha value is -2.71. The van der Waals surface area contributed by atoms with Crippen LogP contribution < -0.4 is 14.8 Å². The number of carbonyl (C=O) groups is 1. The summed E-state index contributed by atoms with van der Waals surface area (Å²) >= 11 is 0. The van der Waals surface area contributed by atoms with E-state index in [2.05, 4.69) is 10.0 Å². The van der Waals surface area contributed by atoms with Crippen LogP contribution in [-0.2, 0) is 14.8 Å². The van der Waals surface area contributed by atoms with Gasteiger partial charge in [0.1, 0.15) is 16.5 Å². The molecule has 1 amide bonds. The van der Waals surface area contributed by atoms with E-state index in [4.69, 9.17) is 4.74 Å². The predicted octanol–water partition coefficient (Wildman–Crippen LogP) is 2.63. The first-order valence-corrected chi connectivity index (χ1v) is 9.61. The molecule has 27 heavy (non-hydrogen) atoms. The number of methoxy groups -OCH3 is 1. The fourth-order valence-electron chi connectivity index (χ4n) is 2.39. The first kappa shape index (κ1) is 20.6. The third-order valence-electron chi connectivity index (χ3n) is 3.90. The van der Waals surface area contributed by atoms with Gasteiger partial charge in [0.15, 0.2) is 0 Å². The first-order valence-electron chi connectivity index (χ1n) is 8.12. The monoisotopic (exact) mass is 392 g/mol. The molecule has 0 heterocycles. The number of nitrogens with one attached hydrogen (secondary N) is 2. The van der Waals surface area contributed by atoms with Gasteiger partial charge in [-0.05, 0) is 55.4 Å². The highest BCUT2D eigenvalue weighted by Crippen LogP contribution is 2.25. The summed E-state index contributed by atoms with van der Waals surface area (Å²) in [5, 5.41) is 2.76. The summed E-state index contributed by atoms with van der Waals surface area (Å²) in [5.74, 6) is -0.499. The molecule has 8 heteroatoms. The summed E-state index contributed by atoms with van der Waals surface area (Å²) in [6, 6.07) is 10.1. The summed E-state index contributed by atoms with van der Waals surface area (Å²) in [4.78, 5) is 12.1. The number of ether oxygens (including phenoxy) is 1. The summed E-state index contributed by atoms with van der Waals surface area (Å²) in [7, 11) is -1.01.